The number of hydrogen-bond donors (Lipinski definition) is 1. The average Bonchev–Trinajstić information content (AvgIpc) is 2.87. The van der Waals surface area contributed by atoms with Crippen molar-refractivity contribution in [3.63, 3.8) is 0 Å². The highest BCUT2D eigenvalue weighted by Gasteiger charge is 2.43. The smallest absolute Gasteiger partial charge is 0.230 e. The molecular formula is C28H35FN2O5S. The fourth-order valence-electron chi connectivity index (χ4n) is 5.67. The van der Waals surface area contributed by atoms with E-state index >= 15 is 4.39 Å². The van der Waals surface area contributed by atoms with Crippen molar-refractivity contribution in [3.05, 3.63) is 71.0 Å². The molecule has 3 aliphatic heterocycles. The molecule has 3 fully saturated rings. The Morgan fingerprint density at radius 3 is 2.46 bits per heavy atom. The second-order valence-electron chi connectivity index (χ2n) is 10.5. The lowest BCUT2D eigenvalue weighted by Crippen LogP contribution is -2.50. The van der Waals surface area contributed by atoms with Crippen molar-refractivity contribution in [2.75, 3.05) is 33.0 Å². The quantitative estimate of drug-likeness (QED) is 0.590. The van der Waals surface area contributed by atoms with Crippen LogP contribution in [0.1, 0.15) is 54.5 Å². The molecule has 9 heteroatoms. The highest BCUT2D eigenvalue weighted by molar-refractivity contribution is 7.89. The predicted octanol–water partition coefficient (Wildman–Crippen LogP) is 3.69. The average molecular weight is 531 g/mol. The first kappa shape index (κ1) is 26.3. The second-order valence-corrected chi connectivity index (χ2v) is 12.6. The summed E-state index contributed by atoms with van der Waals surface area (Å²) in [4.78, 5) is 13.4. The van der Waals surface area contributed by atoms with Gasteiger partial charge in [-0.3, -0.25) is 4.79 Å². The lowest BCUT2D eigenvalue weighted by atomic mass is 9.73. The number of nitrogens with one attached hydrogen (secondary N) is 1. The zero-order valence-electron chi connectivity index (χ0n) is 21.2. The van der Waals surface area contributed by atoms with E-state index < -0.39 is 26.5 Å². The lowest BCUT2D eigenvalue weighted by Gasteiger charge is -2.38. The Morgan fingerprint density at radius 2 is 1.81 bits per heavy atom. The molecule has 0 radical (unpaired) electrons. The van der Waals surface area contributed by atoms with Gasteiger partial charge in [-0.25, -0.2) is 12.8 Å². The third-order valence-corrected chi connectivity index (χ3v) is 10.5. The van der Waals surface area contributed by atoms with E-state index in [1.165, 1.54) is 10.4 Å². The molecule has 2 atom stereocenters. The highest BCUT2D eigenvalue weighted by atomic mass is 32.2. The summed E-state index contributed by atoms with van der Waals surface area (Å²) in [5.41, 5.74) is 0.805. The normalized spacial score (nSPS) is 25.8. The maximum Gasteiger partial charge on any atom is 0.230 e. The molecule has 200 valence electrons. The number of halogens is 1. The number of carbonyl (C=O) groups excluding carboxylic acids is 1. The van der Waals surface area contributed by atoms with Gasteiger partial charge in [-0.05, 0) is 49.8 Å². The van der Waals surface area contributed by atoms with E-state index in [4.69, 9.17) is 9.47 Å². The molecule has 5 rings (SSSR count). The van der Waals surface area contributed by atoms with Crippen molar-refractivity contribution in [1.29, 1.82) is 0 Å². The molecule has 2 aromatic carbocycles. The highest BCUT2D eigenvalue weighted by Crippen LogP contribution is 2.39. The Kier molecular flexibility index (Phi) is 7.68. The monoisotopic (exact) mass is 530 g/mol. The number of nitrogens with zero attached hydrogens (tertiary/aromatic N) is 1. The summed E-state index contributed by atoms with van der Waals surface area (Å²) >= 11 is 0. The third-order valence-electron chi connectivity index (χ3n) is 8.17. The van der Waals surface area contributed by atoms with Gasteiger partial charge in [0, 0.05) is 43.8 Å². The van der Waals surface area contributed by atoms with Crippen molar-refractivity contribution in [2.24, 2.45) is 5.92 Å². The van der Waals surface area contributed by atoms with Crippen molar-refractivity contribution in [1.82, 2.24) is 9.62 Å². The van der Waals surface area contributed by atoms with Crippen LogP contribution in [-0.4, -0.2) is 57.6 Å². The first-order valence-electron chi connectivity index (χ1n) is 13.1. The standard InChI is InChI=1S/C28H35FN2O5S/c1-20-7-10-26(22-5-3-2-4-6-22)37(33,34)31(20)17-23-8-9-24(15-25(23)29)28(11-13-35-14-12-28)27(32)30-16-21-18-36-19-21/h2-6,8-9,15,20-21,26H,7,10-14,16-19H2,1H3,(H,30,32)/t20-,26+/m0/s1. The van der Waals surface area contributed by atoms with E-state index in [9.17, 15) is 13.2 Å². The van der Waals surface area contributed by atoms with Crippen molar-refractivity contribution < 1.29 is 27.1 Å². The van der Waals surface area contributed by atoms with E-state index in [0.717, 1.165) is 5.56 Å². The summed E-state index contributed by atoms with van der Waals surface area (Å²) < 4.78 is 54.9. The van der Waals surface area contributed by atoms with E-state index in [1.54, 1.807) is 12.1 Å². The van der Waals surface area contributed by atoms with Crippen LogP contribution >= 0.6 is 0 Å². The molecule has 0 saturated carbocycles. The molecule has 3 saturated heterocycles. The molecule has 3 aliphatic rings. The first-order chi connectivity index (χ1) is 17.8. The molecule has 2 aromatic rings. The molecule has 3 heterocycles. The number of carbonyl (C=O) groups is 1. The SMILES string of the molecule is C[C@H]1CC[C@H](c2ccccc2)S(=O)(=O)N1Cc1ccc(C2(C(=O)NCC3COC3)CCOCC2)cc1F. The Hall–Kier alpha value is -2.33. The molecule has 0 aliphatic carbocycles. The first-order valence-corrected chi connectivity index (χ1v) is 14.6. The number of benzene rings is 2. The maximum absolute atomic E-state index is 15.6. The maximum atomic E-state index is 15.6. The van der Waals surface area contributed by atoms with Gasteiger partial charge in [0.2, 0.25) is 15.9 Å². The second kappa shape index (κ2) is 10.8. The molecular weight excluding hydrogens is 495 g/mol. The number of hydrogen-bond acceptors (Lipinski definition) is 5. The third kappa shape index (κ3) is 5.19. The Morgan fingerprint density at radius 1 is 1.08 bits per heavy atom. The molecule has 0 unspecified atom stereocenters. The number of amides is 1. The van der Waals surface area contributed by atoms with E-state index in [1.807, 2.05) is 37.3 Å². The van der Waals surface area contributed by atoms with Gasteiger partial charge in [-0.2, -0.15) is 4.31 Å². The zero-order valence-corrected chi connectivity index (χ0v) is 22.0. The van der Waals surface area contributed by atoms with Gasteiger partial charge >= 0.3 is 0 Å². The van der Waals surface area contributed by atoms with Crippen molar-refractivity contribution in [3.8, 4) is 0 Å². The minimum Gasteiger partial charge on any atom is -0.381 e. The number of sulfonamides is 1. The number of rotatable bonds is 7. The van der Waals surface area contributed by atoms with Gasteiger partial charge in [-0.15, -0.1) is 0 Å². The number of ether oxygens (including phenoxy) is 2. The van der Waals surface area contributed by atoms with Gasteiger partial charge in [0.05, 0.1) is 18.6 Å². The van der Waals surface area contributed by atoms with Crippen molar-refractivity contribution in [2.45, 2.75) is 55.9 Å². The van der Waals surface area contributed by atoms with Crippen LogP contribution in [0.5, 0.6) is 0 Å². The molecule has 1 N–H and O–H groups in total. The summed E-state index contributed by atoms with van der Waals surface area (Å²) in [6.45, 7) is 4.50. The van der Waals surface area contributed by atoms with Crippen LogP contribution in [-0.2, 0) is 36.3 Å². The fraction of sp³-hybridized carbons (Fsp3) is 0.536. The summed E-state index contributed by atoms with van der Waals surface area (Å²) in [6, 6.07) is 13.8. The summed E-state index contributed by atoms with van der Waals surface area (Å²) in [5.74, 6) is -0.297. The van der Waals surface area contributed by atoms with Gasteiger partial charge < -0.3 is 14.8 Å². The van der Waals surface area contributed by atoms with Gasteiger partial charge in [0.25, 0.3) is 0 Å². The largest absolute Gasteiger partial charge is 0.381 e. The van der Waals surface area contributed by atoms with Crippen LogP contribution in [0.15, 0.2) is 48.5 Å². The fourth-order valence-corrected chi connectivity index (χ4v) is 7.86. The van der Waals surface area contributed by atoms with Crippen LogP contribution in [0.4, 0.5) is 4.39 Å². The van der Waals surface area contributed by atoms with Crippen LogP contribution in [0.3, 0.4) is 0 Å². The van der Waals surface area contributed by atoms with Gasteiger partial charge in [0.1, 0.15) is 11.1 Å². The van der Waals surface area contributed by atoms with Crippen LogP contribution in [0.25, 0.3) is 0 Å². The Labute approximate surface area is 218 Å². The molecule has 0 spiro atoms. The van der Waals surface area contributed by atoms with E-state index in [0.29, 0.717) is 75.7 Å². The Bertz CT molecular complexity index is 1210. The van der Waals surface area contributed by atoms with Crippen LogP contribution < -0.4 is 5.32 Å². The summed E-state index contributed by atoms with van der Waals surface area (Å²) in [6.07, 6.45) is 2.18. The zero-order chi connectivity index (χ0) is 26.0. The van der Waals surface area contributed by atoms with E-state index in [2.05, 4.69) is 5.32 Å². The van der Waals surface area contributed by atoms with E-state index in [-0.39, 0.29) is 18.5 Å². The molecule has 0 aromatic heterocycles. The molecule has 37 heavy (non-hydrogen) atoms. The predicted molar refractivity (Wildman–Crippen MR) is 138 cm³/mol. The molecule has 0 bridgehead atoms. The van der Waals surface area contributed by atoms with Gasteiger partial charge in [-0.1, -0.05) is 42.5 Å². The van der Waals surface area contributed by atoms with Crippen molar-refractivity contribution >= 4 is 15.9 Å². The Balaban J connectivity index is 1.38. The van der Waals surface area contributed by atoms with Crippen LogP contribution in [0, 0.1) is 11.7 Å². The van der Waals surface area contributed by atoms with Gasteiger partial charge in [0.15, 0.2) is 0 Å². The van der Waals surface area contributed by atoms with Crippen LogP contribution in [0.2, 0.25) is 0 Å². The summed E-state index contributed by atoms with van der Waals surface area (Å²) in [5, 5.41) is 2.41. The lowest BCUT2D eigenvalue weighted by molar-refractivity contribution is -0.131. The topological polar surface area (TPSA) is 84.9 Å². The minimum absolute atomic E-state index is 0.0388. The molecule has 7 nitrogen and oxygen atoms in total. The minimum atomic E-state index is -3.67. The molecule has 1 amide bonds. The summed E-state index contributed by atoms with van der Waals surface area (Å²) in [7, 11) is -3.67.